The van der Waals surface area contributed by atoms with E-state index in [-0.39, 0.29) is 0 Å². The Balaban J connectivity index is 2.98. The molecule has 0 radical (unpaired) electrons. The van der Waals surface area contributed by atoms with Gasteiger partial charge in [0.05, 0.1) is 0 Å². The highest BCUT2D eigenvalue weighted by Crippen LogP contribution is 2.05. The molecule has 0 aromatic rings. The van der Waals surface area contributed by atoms with E-state index in [4.69, 9.17) is 11.1 Å². The summed E-state index contributed by atoms with van der Waals surface area (Å²) in [6.45, 7) is 0. The SMILES string of the molecule is N=C1C(=O)NC(=O)C1C(N)=O. The van der Waals surface area contributed by atoms with Crippen LogP contribution in [0, 0.1) is 11.3 Å². The Bertz CT molecular complexity index is 270. The van der Waals surface area contributed by atoms with Crippen LogP contribution >= 0.6 is 0 Å². The second-order valence-corrected chi connectivity index (χ2v) is 2.07. The summed E-state index contributed by atoms with van der Waals surface area (Å²) in [7, 11) is 0. The normalized spacial score (nSPS) is 23.6. The summed E-state index contributed by atoms with van der Waals surface area (Å²) < 4.78 is 0. The molecule has 1 fully saturated rings. The van der Waals surface area contributed by atoms with Gasteiger partial charge in [0.1, 0.15) is 5.71 Å². The predicted molar refractivity (Wildman–Crippen MR) is 33.6 cm³/mol. The summed E-state index contributed by atoms with van der Waals surface area (Å²) in [5.41, 5.74) is 4.17. The molecule has 4 N–H and O–H groups in total. The maximum atomic E-state index is 10.7. The van der Waals surface area contributed by atoms with Crippen molar-refractivity contribution in [1.29, 1.82) is 5.41 Å². The Morgan fingerprint density at radius 1 is 1.55 bits per heavy atom. The molecule has 1 rings (SSSR count). The number of primary amides is 1. The molecule has 1 atom stereocenters. The standard InChI is InChI=1S/C5H5N3O3/c6-2-1(3(7)9)4(10)8-5(2)11/h1,6H,(H2,7,9)(H,8,10,11). The van der Waals surface area contributed by atoms with Gasteiger partial charge in [-0.1, -0.05) is 0 Å². The first kappa shape index (κ1) is 7.39. The van der Waals surface area contributed by atoms with Crippen LogP contribution < -0.4 is 11.1 Å². The highest BCUT2D eigenvalue weighted by Gasteiger charge is 2.40. The Morgan fingerprint density at radius 3 is 2.27 bits per heavy atom. The molecule has 1 aliphatic rings. The van der Waals surface area contributed by atoms with Gasteiger partial charge in [-0.15, -0.1) is 0 Å². The van der Waals surface area contributed by atoms with Crippen molar-refractivity contribution in [3.8, 4) is 0 Å². The highest BCUT2D eigenvalue weighted by atomic mass is 16.2. The number of rotatable bonds is 1. The summed E-state index contributed by atoms with van der Waals surface area (Å²) >= 11 is 0. The monoisotopic (exact) mass is 155 g/mol. The number of hydrogen-bond donors (Lipinski definition) is 3. The van der Waals surface area contributed by atoms with Gasteiger partial charge in [-0.25, -0.2) is 0 Å². The molecule has 6 heteroatoms. The highest BCUT2D eigenvalue weighted by molar-refractivity contribution is 6.53. The second kappa shape index (κ2) is 2.15. The molecule has 0 saturated carbocycles. The molecule has 11 heavy (non-hydrogen) atoms. The van der Waals surface area contributed by atoms with Crippen molar-refractivity contribution in [2.24, 2.45) is 11.7 Å². The van der Waals surface area contributed by atoms with Gasteiger partial charge in [0, 0.05) is 0 Å². The fourth-order valence-corrected chi connectivity index (χ4v) is 0.785. The minimum Gasteiger partial charge on any atom is -0.369 e. The van der Waals surface area contributed by atoms with Crippen LogP contribution in [0.3, 0.4) is 0 Å². The quantitative estimate of drug-likeness (QED) is 0.294. The third kappa shape index (κ3) is 0.977. The van der Waals surface area contributed by atoms with E-state index >= 15 is 0 Å². The average molecular weight is 155 g/mol. The second-order valence-electron chi connectivity index (χ2n) is 2.07. The zero-order valence-electron chi connectivity index (χ0n) is 5.38. The van der Waals surface area contributed by atoms with Gasteiger partial charge < -0.3 is 5.73 Å². The molecule has 3 amide bonds. The van der Waals surface area contributed by atoms with Crippen LogP contribution in [-0.2, 0) is 14.4 Å². The van der Waals surface area contributed by atoms with E-state index in [1.54, 1.807) is 5.32 Å². The lowest BCUT2D eigenvalue weighted by atomic mass is 10.1. The van der Waals surface area contributed by atoms with Crippen molar-refractivity contribution in [3.05, 3.63) is 0 Å². The average Bonchev–Trinajstić information content (AvgIpc) is 2.07. The van der Waals surface area contributed by atoms with Crippen molar-refractivity contribution in [2.45, 2.75) is 0 Å². The summed E-state index contributed by atoms with van der Waals surface area (Å²) in [5.74, 6) is -4.04. The van der Waals surface area contributed by atoms with Crippen LogP contribution in [0.1, 0.15) is 0 Å². The van der Waals surface area contributed by atoms with E-state index in [2.05, 4.69) is 0 Å². The van der Waals surface area contributed by atoms with E-state index in [1.807, 2.05) is 0 Å². The maximum absolute atomic E-state index is 10.7. The van der Waals surface area contributed by atoms with Crippen LogP contribution in [0.5, 0.6) is 0 Å². The van der Waals surface area contributed by atoms with Gasteiger partial charge >= 0.3 is 0 Å². The number of nitrogens with one attached hydrogen (secondary N) is 2. The van der Waals surface area contributed by atoms with Crippen molar-refractivity contribution in [3.63, 3.8) is 0 Å². The summed E-state index contributed by atoms with van der Waals surface area (Å²) in [6.07, 6.45) is 0. The molecule has 0 aromatic carbocycles. The van der Waals surface area contributed by atoms with Crippen LogP contribution in [0.15, 0.2) is 0 Å². The molecular weight excluding hydrogens is 150 g/mol. The number of hydrogen-bond acceptors (Lipinski definition) is 4. The number of nitrogens with two attached hydrogens (primary N) is 1. The minimum absolute atomic E-state index is 0.581. The minimum atomic E-state index is -1.40. The zero-order valence-corrected chi connectivity index (χ0v) is 5.38. The molecule has 0 aliphatic carbocycles. The lowest BCUT2D eigenvalue weighted by Gasteiger charge is -1.96. The predicted octanol–water partition coefficient (Wildman–Crippen LogP) is -2.24. The van der Waals surface area contributed by atoms with Crippen molar-refractivity contribution < 1.29 is 14.4 Å². The topological polar surface area (TPSA) is 113 Å². The number of carbonyl (C=O) groups is 3. The van der Waals surface area contributed by atoms with Gasteiger partial charge in [0.2, 0.25) is 11.8 Å². The lowest BCUT2D eigenvalue weighted by Crippen LogP contribution is -2.33. The van der Waals surface area contributed by atoms with Crippen molar-refractivity contribution in [1.82, 2.24) is 5.32 Å². The van der Waals surface area contributed by atoms with Crippen molar-refractivity contribution in [2.75, 3.05) is 0 Å². The molecule has 1 aliphatic heterocycles. The van der Waals surface area contributed by atoms with Crippen LogP contribution in [0.2, 0.25) is 0 Å². The number of carbonyl (C=O) groups excluding carboxylic acids is 3. The van der Waals surface area contributed by atoms with E-state index in [0.717, 1.165) is 0 Å². The summed E-state index contributed by atoms with van der Waals surface area (Å²) in [5, 5.41) is 8.73. The molecule has 6 nitrogen and oxygen atoms in total. The third-order valence-corrected chi connectivity index (χ3v) is 1.32. The molecule has 0 bridgehead atoms. The van der Waals surface area contributed by atoms with Gasteiger partial charge in [0.15, 0.2) is 5.92 Å². The van der Waals surface area contributed by atoms with Crippen LogP contribution in [0.4, 0.5) is 0 Å². The largest absolute Gasteiger partial charge is 0.369 e. The lowest BCUT2D eigenvalue weighted by molar-refractivity contribution is -0.130. The summed E-state index contributed by atoms with van der Waals surface area (Å²) in [6, 6.07) is 0. The molecule has 1 heterocycles. The van der Waals surface area contributed by atoms with Gasteiger partial charge in [0.25, 0.3) is 5.91 Å². The summed E-state index contributed by atoms with van der Waals surface area (Å²) in [4.78, 5) is 31.6. The number of imide groups is 1. The fourth-order valence-electron chi connectivity index (χ4n) is 0.785. The molecule has 1 saturated heterocycles. The maximum Gasteiger partial charge on any atom is 0.272 e. The van der Waals surface area contributed by atoms with Gasteiger partial charge in [-0.3, -0.25) is 25.1 Å². The van der Waals surface area contributed by atoms with Gasteiger partial charge in [-0.05, 0) is 0 Å². The van der Waals surface area contributed by atoms with Crippen LogP contribution in [0.25, 0.3) is 0 Å². The Labute approximate surface area is 61.3 Å². The van der Waals surface area contributed by atoms with E-state index in [9.17, 15) is 14.4 Å². The molecule has 0 spiro atoms. The Hall–Kier alpha value is -1.72. The van der Waals surface area contributed by atoms with Crippen molar-refractivity contribution >= 4 is 23.4 Å². The Morgan fingerprint density at radius 2 is 2.09 bits per heavy atom. The zero-order chi connectivity index (χ0) is 8.59. The first-order chi connectivity index (χ1) is 5.04. The first-order valence-corrected chi connectivity index (χ1v) is 2.77. The first-order valence-electron chi connectivity index (χ1n) is 2.77. The smallest absolute Gasteiger partial charge is 0.272 e. The molecule has 1 unspecified atom stereocenters. The number of amides is 3. The molecule has 0 aromatic heterocycles. The molecule has 58 valence electrons. The van der Waals surface area contributed by atoms with Gasteiger partial charge in [-0.2, -0.15) is 0 Å². The van der Waals surface area contributed by atoms with E-state index < -0.39 is 29.4 Å². The van der Waals surface area contributed by atoms with E-state index in [0.29, 0.717) is 0 Å². The Kier molecular flexibility index (Phi) is 1.45. The van der Waals surface area contributed by atoms with Crippen LogP contribution in [-0.4, -0.2) is 23.4 Å². The van der Waals surface area contributed by atoms with E-state index in [1.165, 1.54) is 0 Å². The molecular formula is C5H5N3O3. The third-order valence-electron chi connectivity index (χ3n) is 1.32. The fraction of sp³-hybridized carbons (Fsp3) is 0.200.